The minimum absolute atomic E-state index is 0.225. The Kier molecular flexibility index (Phi) is 6.09. The van der Waals surface area contributed by atoms with Crippen LogP contribution in [0.2, 0.25) is 5.02 Å². The van der Waals surface area contributed by atoms with E-state index in [0.29, 0.717) is 11.8 Å². The normalized spacial score (nSPS) is 11.1. The highest BCUT2D eigenvalue weighted by Gasteiger charge is 2.06. The van der Waals surface area contributed by atoms with Gasteiger partial charge in [0.05, 0.1) is 5.02 Å². The molecule has 0 heterocycles. The van der Waals surface area contributed by atoms with Crippen molar-refractivity contribution in [1.82, 2.24) is 5.32 Å². The Bertz CT molecular complexity index is 601. The molecule has 21 heavy (non-hydrogen) atoms. The molecule has 0 spiro atoms. The molecule has 0 aromatic heterocycles. The highest BCUT2D eigenvalue weighted by Crippen LogP contribution is 2.28. The summed E-state index contributed by atoms with van der Waals surface area (Å²) in [5, 5.41) is 3.62. The maximum Gasteiger partial charge on any atom is 0.142 e. The minimum atomic E-state index is -0.357. The molecule has 0 fully saturated rings. The second-order valence-corrected chi connectivity index (χ2v) is 6.61. The standard InChI is InChI=1S/C17H19ClFNS/c1-12(2)20-10-13-5-3-7-15(9-13)21-11-14-6-4-8-16(19)17(14)18/h3-9,12,20H,10-11H2,1-2H3. The third kappa shape index (κ3) is 5.03. The van der Waals surface area contributed by atoms with Crippen LogP contribution in [0.25, 0.3) is 0 Å². The summed E-state index contributed by atoms with van der Waals surface area (Å²) in [6.07, 6.45) is 0. The zero-order valence-corrected chi connectivity index (χ0v) is 13.8. The Hall–Kier alpha value is -1.03. The Morgan fingerprint density at radius 3 is 2.71 bits per heavy atom. The highest BCUT2D eigenvalue weighted by atomic mass is 35.5. The van der Waals surface area contributed by atoms with Crippen molar-refractivity contribution < 1.29 is 4.39 Å². The van der Waals surface area contributed by atoms with E-state index in [1.165, 1.54) is 16.5 Å². The molecule has 2 aromatic carbocycles. The lowest BCUT2D eigenvalue weighted by atomic mass is 10.2. The van der Waals surface area contributed by atoms with Crippen molar-refractivity contribution in [1.29, 1.82) is 0 Å². The number of halogens is 2. The molecule has 0 aliphatic rings. The molecule has 0 saturated carbocycles. The van der Waals surface area contributed by atoms with Crippen LogP contribution in [0.5, 0.6) is 0 Å². The first-order valence-electron chi connectivity index (χ1n) is 6.94. The maximum atomic E-state index is 13.4. The predicted octanol–water partition coefficient (Wildman–Crippen LogP) is 5.27. The van der Waals surface area contributed by atoms with E-state index in [4.69, 9.17) is 11.6 Å². The molecule has 2 aromatic rings. The van der Waals surface area contributed by atoms with E-state index in [-0.39, 0.29) is 10.8 Å². The van der Waals surface area contributed by atoms with Gasteiger partial charge in [0.25, 0.3) is 0 Å². The van der Waals surface area contributed by atoms with Gasteiger partial charge in [-0.15, -0.1) is 11.8 Å². The van der Waals surface area contributed by atoms with E-state index in [2.05, 4.69) is 37.4 Å². The number of hydrogen-bond donors (Lipinski definition) is 1. The monoisotopic (exact) mass is 323 g/mol. The molecule has 0 aliphatic carbocycles. The van der Waals surface area contributed by atoms with Crippen LogP contribution in [-0.2, 0) is 12.3 Å². The third-order valence-corrected chi connectivity index (χ3v) is 4.50. The van der Waals surface area contributed by atoms with Crippen molar-refractivity contribution in [3.05, 3.63) is 64.4 Å². The van der Waals surface area contributed by atoms with Crippen molar-refractivity contribution in [3.63, 3.8) is 0 Å². The first-order valence-corrected chi connectivity index (χ1v) is 8.30. The summed E-state index contributed by atoms with van der Waals surface area (Å²) in [6.45, 7) is 5.11. The number of benzene rings is 2. The molecule has 0 atom stereocenters. The summed E-state index contributed by atoms with van der Waals surface area (Å²) in [6, 6.07) is 13.8. The van der Waals surface area contributed by atoms with Crippen LogP contribution in [0.15, 0.2) is 47.4 Å². The van der Waals surface area contributed by atoms with Crippen LogP contribution < -0.4 is 5.32 Å². The minimum Gasteiger partial charge on any atom is -0.310 e. The van der Waals surface area contributed by atoms with Gasteiger partial charge in [0, 0.05) is 23.2 Å². The Labute approximate surface area is 134 Å². The van der Waals surface area contributed by atoms with Crippen LogP contribution in [0, 0.1) is 5.82 Å². The largest absolute Gasteiger partial charge is 0.310 e. The van der Waals surface area contributed by atoms with E-state index in [9.17, 15) is 4.39 Å². The average molecular weight is 324 g/mol. The molecule has 112 valence electrons. The van der Waals surface area contributed by atoms with Crippen molar-refractivity contribution in [3.8, 4) is 0 Å². The first kappa shape index (κ1) is 16.3. The fourth-order valence-corrected chi connectivity index (χ4v) is 3.13. The van der Waals surface area contributed by atoms with Gasteiger partial charge in [-0.1, -0.05) is 49.7 Å². The first-order chi connectivity index (χ1) is 10.1. The molecule has 0 bridgehead atoms. The second-order valence-electron chi connectivity index (χ2n) is 5.18. The lowest BCUT2D eigenvalue weighted by Crippen LogP contribution is -2.21. The Morgan fingerprint density at radius 1 is 1.19 bits per heavy atom. The van der Waals surface area contributed by atoms with Crippen LogP contribution in [-0.4, -0.2) is 6.04 Å². The highest BCUT2D eigenvalue weighted by molar-refractivity contribution is 7.98. The van der Waals surface area contributed by atoms with E-state index < -0.39 is 0 Å². The smallest absolute Gasteiger partial charge is 0.142 e. The van der Waals surface area contributed by atoms with Crippen LogP contribution in [0.1, 0.15) is 25.0 Å². The van der Waals surface area contributed by atoms with Gasteiger partial charge in [-0.25, -0.2) is 4.39 Å². The quantitative estimate of drug-likeness (QED) is 0.727. The van der Waals surface area contributed by atoms with Gasteiger partial charge in [0.1, 0.15) is 5.82 Å². The molecule has 1 N–H and O–H groups in total. The van der Waals surface area contributed by atoms with E-state index >= 15 is 0 Å². The number of thioether (sulfide) groups is 1. The van der Waals surface area contributed by atoms with E-state index in [0.717, 1.165) is 12.1 Å². The summed E-state index contributed by atoms with van der Waals surface area (Å²) in [5.74, 6) is 0.308. The molecule has 4 heteroatoms. The lowest BCUT2D eigenvalue weighted by Gasteiger charge is -2.10. The molecular weight excluding hydrogens is 305 g/mol. The fourth-order valence-electron chi connectivity index (χ4n) is 1.89. The van der Waals surface area contributed by atoms with Gasteiger partial charge < -0.3 is 5.32 Å². The summed E-state index contributed by atoms with van der Waals surface area (Å²) in [4.78, 5) is 1.17. The zero-order valence-electron chi connectivity index (χ0n) is 12.2. The number of rotatable bonds is 6. The summed E-state index contributed by atoms with van der Waals surface area (Å²) >= 11 is 7.64. The van der Waals surface area contributed by atoms with Crippen LogP contribution >= 0.6 is 23.4 Å². The molecule has 0 amide bonds. The second kappa shape index (κ2) is 7.83. The fraction of sp³-hybridized carbons (Fsp3) is 0.294. The van der Waals surface area contributed by atoms with Gasteiger partial charge in [0.15, 0.2) is 0 Å². The molecule has 0 aliphatic heterocycles. The number of hydrogen-bond acceptors (Lipinski definition) is 2. The van der Waals surface area contributed by atoms with Crippen LogP contribution in [0.3, 0.4) is 0 Å². The summed E-state index contributed by atoms with van der Waals surface area (Å²) in [7, 11) is 0. The van der Waals surface area contributed by atoms with Gasteiger partial charge >= 0.3 is 0 Å². The Balaban J connectivity index is 2.00. The molecule has 2 rings (SSSR count). The van der Waals surface area contributed by atoms with Gasteiger partial charge in [-0.3, -0.25) is 0 Å². The Morgan fingerprint density at radius 2 is 1.95 bits per heavy atom. The maximum absolute atomic E-state index is 13.4. The van der Waals surface area contributed by atoms with Gasteiger partial charge in [-0.05, 0) is 29.3 Å². The number of nitrogens with one attached hydrogen (secondary N) is 1. The van der Waals surface area contributed by atoms with Crippen molar-refractivity contribution >= 4 is 23.4 Å². The molecule has 1 nitrogen and oxygen atoms in total. The molecule has 0 saturated heterocycles. The molecule has 0 unspecified atom stereocenters. The topological polar surface area (TPSA) is 12.0 Å². The molecule has 0 radical (unpaired) electrons. The summed E-state index contributed by atoms with van der Waals surface area (Å²) in [5.41, 5.74) is 2.08. The predicted molar refractivity (Wildman–Crippen MR) is 89.4 cm³/mol. The van der Waals surface area contributed by atoms with Gasteiger partial charge in [0.2, 0.25) is 0 Å². The van der Waals surface area contributed by atoms with Crippen molar-refractivity contribution in [2.24, 2.45) is 0 Å². The van der Waals surface area contributed by atoms with Crippen molar-refractivity contribution in [2.75, 3.05) is 0 Å². The third-order valence-electron chi connectivity index (χ3n) is 3.04. The van der Waals surface area contributed by atoms with Gasteiger partial charge in [-0.2, -0.15) is 0 Å². The van der Waals surface area contributed by atoms with Crippen LogP contribution in [0.4, 0.5) is 4.39 Å². The zero-order chi connectivity index (χ0) is 15.2. The lowest BCUT2D eigenvalue weighted by molar-refractivity contribution is 0.588. The van der Waals surface area contributed by atoms with E-state index in [1.54, 1.807) is 17.8 Å². The summed E-state index contributed by atoms with van der Waals surface area (Å²) < 4.78 is 13.4. The molecular formula is C17H19ClFNS. The SMILES string of the molecule is CC(C)NCc1cccc(SCc2cccc(F)c2Cl)c1. The van der Waals surface area contributed by atoms with E-state index in [1.807, 2.05) is 12.1 Å². The average Bonchev–Trinajstić information content (AvgIpc) is 2.47. The van der Waals surface area contributed by atoms with Crippen molar-refractivity contribution in [2.45, 2.75) is 37.1 Å².